The summed E-state index contributed by atoms with van der Waals surface area (Å²) in [5.74, 6) is 0.556. The molecule has 116 valence electrons. The van der Waals surface area contributed by atoms with Crippen molar-refractivity contribution in [1.82, 2.24) is 4.31 Å². The lowest BCUT2D eigenvalue weighted by molar-refractivity contribution is 0.260. The second-order valence-corrected chi connectivity index (χ2v) is 8.12. The number of hydrogen-bond donors (Lipinski definition) is 1. The van der Waals surface area contributed by atoms with E-state index in [0.29, 0.717) is 23.0 Å². The van der Waals surface area contributed by atoms with Gasteiger partial charge in [-0.2, -0.15) is 4.31 Å². The summed E-state index contributed by atoms with van der Waals surface area (Å²) in [6, 6.07) is 5.39. The van der Waals surface area contributed by atoms with Crippen molar-refractivity contribution < 1.29 is 8.42 Å². The summed E-state index contributed by atoms with van der Waals surface area (Å²) in [5.41, 5.74) is 7.56. The molecule has 21 heavy (non-hydrogen) atoms. The van der Waals surface area contributed by atoms with E-state index in [0.717, 1.165) is 31.2 Å². The molecule has 2 unspecified atom stereocenters. The molecule has 1 aliphatic heterocycles. The van der Waals surface area contributed by atoms with E-state index in [1.54, 1.807) is 16.4 Å². The third-order valence-corrected chi connectivity index (χ3v) is 6.98. The molecule has 2 aliphatic rings. The number of aryl methyl sites for hydroxylation is 1. The fraction of sp³-hybridized carbons (Fsp3) is 0.625. The first-order valence-electron chi connectivity index (χ1n) is 7.94. The largest absolute Gasteiger partial charge is 0.398 e. The van der Waals surface area contributed by atoms with E-state index in [2.05, 4.69) is 0 Å². The summed E-state index contributed by atoms with van der Waals surface area (Å²) >= 11 is 0. The molecule has 0 radical (unpaired) electrons. The lowest BCUT2D eigenvalue weighted by Gasteiger charge is -2.31. The van der Waals surface area contributed by atoms with Crippen LogP contribution in [0.4, 0.5) is 5.69 Å². The molecule has 0 bridgehead atoms. The molecule has 1 heterocycles. The highest BCUT2D eigenvalue weighted by Crippen LogP contribution is 2.39. The van der Waals surface area contributed by atoms with E-state index in [4.69, 9.17) is 5.73 Å². The van der Waals surface area contributed by atoms with Crippen molar-refractivity contribution in [2.75, 3.05) is 12.3 Å². The van der Waals surface area contributed by atoms with Gasteiger partial charge in [0.05, 0.1) is 4.90 Å². The predicted octanol–water partition coefficient (Wildman–Crippen LogP) is 2.78. The molecular weight excluding hydrogens is 284 g/mol. The van der Waals surface area contributed by atoms with Gasteiger partial charge in [0.25, 0.3) is 0 Å². The van der Waals surface area contributed by atoms with Crippen LogP contribution >= 0.6 is 0 Å². The van der Waals surface area contributed by atoms with Gasteiger partial charge in [0.15, 0.2) is 0 Å². The van der Waals surface area contributed by atoms with E-state index >= 15 is 0 Å². The second kappa shape index (κ2) is 5.61. The first kappa shape index (κ1) is 14.9. The Labute approximate surface area is 127 Å². The Morgan fingerprint density at radius 3 is 2.71 bits per heavy atom. The molecule has 0 spiro atoms. The molecule has 5 heteroatoms. The Morgan fingerprint density at radius 2 is 2.00 bits per heavy atom. The predicted molar refractivity (Wildman–Crippen MR) is 84.5 cm³/mol. The van der Waals surface area contributed by atoms with Gasteiger partial charge in [-0.25, -0.2) is 8.42 Å². The lowest BCUT2D eigenvalue weighted by atomic mass is 9.86. The average Bonchev–Trinajstić information content (AvgIpc) is 2.91. The third-order valence-electron chi connectivity index (χ3n) is 5.06. The molecule has 0 aromatic heterocycles. The summed E-state index contributed by atoms with van der Waals surface area (Å²) in [6.45, 7) is 2.68. The normalized spacial score (nSPS) is 26.7. The van der Waals surface area contributed by atoms with Crippen molar-refractivity contribution in [3.05, 3.63) is 23.8 Å². The Bertz CT molecular complexity index is 627. The van der Waals surface area contributed by atoms with Crippen LogP contribution in [0.3, 0.4) is 0 Å². The minimum atomic E-state index is -3.40. The van der Waals surface area contributed by atoms with Gasteiger partial charge in [-0.3, -0.25) is 0 Å². The van der Waals surface area contributed by atoms with Gasteiger partial charge in [-0.05, 0) is 49.3 Å². The highest BCUT2D eigenvalue weighted by molar-refractivity contribution is 7.89. The fourth-order valence-electron chi connectivity index (χ4n) is 3.85. The van der Waals surface area contributed by atoms with E-state index in [1.165, 1.54) is 12.8 Å². The number of fused-ring (bicyclic) bond motifs is 1. The second-order valence-electron chi connectivity index (χ2n) is 6.23. The zero-order chi connectivity index (χ0) is 15.0. The number of rotatable bonds is 3. The van der Waals surface area contributed by atoms with Gasteiger partial charge < -0.3 is 5.73 Å². The van der Waals surface area contributed by atoms with Crippen LogP contribution in [0.5, 0.6) is 0 Å². The van der Waals surface area contributed by atoms with Crippen LogP contribution in [0.25, 0.3) is 0 Å². The van der Waals surface area contributed by atoms with Crippen molar-refractivity contribution in [2.45, 2.75) is 56.4 Å². The first-order chi connectivity index (χ1) is 10.0. The molecule has 1 aromatic rings. The number of sulfonamides is 1. The fourth-order valence-corrected chi connectivity index (χ4v) is 5.62. The summed E-state index contributed by atoms with van der Waals surface area (Å²) in [6.07, 6.45) is 6.39. The molecule has 3 rings (SSSR count). The molecular formula is C16H24N2O2S. The van der Waals surface area contributed by atoms with Gasteiger partial charge >= 0.3 is 0 Å². The monoisotopic (exact) mass is 308 g/mol. The number of anilines is 1. The van der Waals surface area contributed by atoms with Crippen LogP contribution in [-0.4, -0.2) is 25.3 Å². The van der Waals surface area contributed by atoms with Crippen molar-refractivity contribution in [3.8, 4) is 0 Å². The Balaban J connectivity index is 1.91. The molecule has 2 fully saturated rings. The lowest BCUT2D eigenvalue weighted by Crippen LogP contribution is -2.39. The molecule has 1 aromatic carbocycles. The zero-order valence-corrected chi connectivity index (χ0v) is 13.4. The summed E-state index contributed by atoms with van der Waals surface area (Å²) < 4.78 is 27.6. The summed E-state index contributed by atoms with van der Waals surface area (Å²) in [7, 11) is -3.40. The van der Waals surface area contributed by atoms with Crippen LogP contribution in [0.2, 0.25) is 0 Å². The number of hydrogen-bond acceptors (Lipinski definition) is 3. The minimum absolute atomic E-state index is 0.204. The molecule has 0 amide bonds. The van der Waals surface area contributed by atoms with Gasteiger partial charge in [0.1, 0.15) is 0 Å². The van der Waals surface area contributed by atoms with Crippen molar-refractivity contribution in [3.63, 3.8) is 0 Å². The highest BCUT2D eigenvalue weighted by Gasteiger charge is 2.42. The third kappa shape index (κ3) is 2.57. The van der Waals surface area contributed by atoms with Crippen molar-refractivity contribution in [1.29, 1.82) is 0 Å². The van der Waals surface area contributed by atoms with Crippen LogP contribution in [0, 0.1) is 5.92 Å². The van der Waals surface area contributed by atoms with Gasteiger partial charge in [0, 0.05) is 18.3 Å². The topological polar surface area (TPSA) is 63.4 Å². The highest BCUT2D eigenvalue weighted by atomic mass is 32.2. The number of nitrogen functional groups attached to an aromatic ring is 1. The van der Waals surface area contributed by atoms with Crippen molar-refractivity contribution >= 4 is 15.7 Å². The number of nitrogens with zero attached hydrogens (tertiary/aromatic N) is 1. The van der Waals surface area contributed by atoms with Crippen LogP contribution in [0.1, 0.15) is 44.6 Å². The zero-order valence-electron chi connectivity index (χ0n) is 12.6. The van der Waals surface area contributed by atoms with Gasteiger partial charge in [0.2, 0.25) is 10.0 Å². The Hall–Kier alpha value is -1.07. The van der Waals surface area contributed by atoms with E-state index in [-0.39, 0.29) is 6.04 Å². The summed E-state index contributed by atoms with van der Waals surface area (Å²) in [4.78, 5) is 0.350. The van der Waals surface area contributed by atoms with Gasteiger partial charge in [-0.1, -0.05) is 25.8 Å². The average molecular weight is 308 g/mol. The van der Waals surface area contributed by atoms with E-state index in [1.807, 2.05) is 13.0 Å². The molecule has 1 aliphatic carbocycles. The molecule has 1 saturated carbocycles. The molecule has 2 N–H and O–H groups in total. The van der Waals surface area contributed by atoms with E-state index in [9.17, 15) is 8.42 Å². The summed E-state index contributed by atoms with van der Waals surface area (Å²) in [5, 5.41) is 0. The Kier molecular flexibility index (Phi) is 3.97. The van der Waals surface area contributed by atoms with Crippen molar-refractivity contribution in [2.24, 2.45) is 5.92 Å². The number of benzene rings is 1. The van der Waals surface area contributed by atoms with E-state index < -0.39 is 10.0 Å². The van der Waals surface area contributed by atoms with Gasteiger partial charge in [-0.15, -0.1) is 0 Å². The molecule has 1 saturated heterocycles. The maximum absolute atomic E-state index is 12.9. The molecule has 4 nitrogen and oxygen atoms in total. The molecule has 2 atom stereocenters. The maximum atomic E-state index is 12.9. The maximum Gasteiger partial charge on any atom is 0.243 e. The quantitative estimate of drug-likeness (QED) is 0.873. The Morgan fingerprint density at radius 1 is 1.24 bits per heavy atom. The van der Waals surface area contributed by atoms with Crippen LogP contribution in [0.15, 0.2) is 23.1 Å². The minimum Gasteiger partial charge on any atom is -0.398 e. The SMILES string of the molecule is CCc1ccc(S(=O)(=O)N2CCC3CCCCC32)cc1N. The first-order valence-corrected chi connectivity index (χ1v) is 9.38. The standard InChI is InChI=1S/C16H24N2O2S/c1-2-12-7-8-14(11-15(12)17)21(19,20)18-10-9-13-5-3-4-6-16(13)18/h7-8,11,13,16H,2-6,9-10,17H2,1H3. The van der Waals surface area contributed by atoms with Crippen LogP contribution < -0.4 is 5.73 Å². The smallest absolute Gasteiger partial charge is 0.243 e. The van der Waals surface area contributed by atoms with Crippen LogP contribution in [-0.2, 0) is 16.4 Å². The number of nitrogens with two attached hydrogens (primary N) is 1.